The van der Waals surface area contributed by atoms with Crippen molar-refractivity contribution in [3.63, 3.8) is 0 Å². The molecule has 0 saturated heterocycles. The molecule has 3 heteroatoms. The van der Waals surface area contributed by atoms with Crippen LogP contribution in [0.4, 0.5) is 0 Å². The Hall–Kier alpha value is 0.0600. The van der Waals surface area contributed by atoms with Gasteiger partial charge in [0.2, 0.25) is 0 Å². The second kappa shape index (κ2) is 3.16. The fourth-order valence-electron chi connectivity index (χ4n) is 0.327. The lowest BCUT2D eigenvalue weighted by Gasteiger charge is -1.99. The summed E-state index contributed by atoms with van der Waals surface area (Å²) in [5.74, 6) is 0. The lowest BCUT2D eigenvalue weighted by Crippen LogP contribution is -1.86. The van der Waals surface area contributed by atoms with Crippen LogP contribution in [0.2, 0.25) is 0 Å². The molecule has 0 radical (unpaired) electrons. The van der Waals surface area contributed by atoms with Crippen molar-refractivity contribution in [1.29, 1.82) is 0 Å². The molecule has 0 fully saturated rings. The van der Waals surface area contributed by atoms with Gasteiger partial charge in [0.1, 0.15) is 6.66 Å². The minimum Gasteiger partial charge on any atom is -0.296 e. The van der Waals surface area contributed by atoms with E-state index in [0.29, 0.717) is 12.8 Å². The summed E-state index contributed by atoms with van der Waals surface area (Å²) >= 11 is 0. The third kappa shape index (κ3) is 3.11. The SMILES string of the molecule is [CH2+]P(=O)(CC)OCC. The Bertz CT molecular complexity index is 101. The van der Waals surface area contributed by atoms with Gasteiger partial charge in [0.25, 0.3) is 0 Å². The molecule has 0 rings (SSSR count). The summed E-state index contributed by atoms with van der Waals surface area (Å²) in [5.41, 5.74) is 0. The molecule has 48 valence electrons. The van der Waals surface area contributed by atoms with Crippen LogP contribution >= 0.6 is 7.37 Å². The average molecular weight is 135 g/mol. The maximum atomic E-state index is 10.8. The van der Waals surface area contributed by atoms with Gasteiger partial charge in [0.05, 0.1) is 12.8 Å². The quantitative estimate of drug-likeness (QED) is 0.437. The molecule has 0 aliphatic heterocycles. The third-order valence-corrected chi connectivity index (χ3v) is 2.54. The van der Waals surface area contributed by atoms with Crippen molar-refractivity contribution in [2.24, 2.45) is 0 Å². The zero-order chi connectivity index (χ0) is 6.62. The molecular weight excluding hydrogens is 123 g/mol. The van der Waals surface area contributed by atoms with Crippen molar-refractivity contribution >= 4 is 7.37 Å². The van der Waals surface area contributed by atoms with Gasteiger partial charge in [-0.3, -0.25) is 4.52 Å². The number of hydrogen-bond acceptors (Lipinski definition) is 2. The molecule has 0 aromatic rings. The molecule has 1 unspecified atom stereocenters. The summed E-state index contributed by atoms with van der Waals surface area (Å²) in [7, 11) is -2.42. The summed E-state index contributed by atoms with van der Waals surface area (Å²) < 4.78 is 15.7. The Morgan fingerprint density at radius 3 is 2.25 bits per heavy atom. The van der Waals surface area contributed by atoms with Gasteiger partial charge in [-0.2, -0.15) is 0 Å². The van der Waals surface area contributed by atoms with Crippen molar-refractivity contribution < 1.29 is 9.09 Å². The van der Waals surface area contributed by atoms with E-state index in [-0.39, 0.29) is 0 Å². The Labute approximate surface area is 50.7 Å². The van der Waals surface area contributed by atoms with Crippen LogP contribution in [0.15, 0.2) is 0 Å². The maximum absolute atomic E-state index is 10.8. The summed E-state index contributed by atoms with van der Waals surface area (Å²) in [6.07, 6.45) is 0.529. The first-order chi connectivity index (χ1) is 3.62. The van der Waals surface area contributed by atoms with E-state index in [2.05, 4.69) is 6.66 Å². The van der Waals surface area contributed by atoms with Crippen molar-refractivity contribution in [2.45, 2.75) is 13.8 Å². The van der Waals surface area contributed by atoms with Gasteiger partial charge in [-0.15, -0.1) is 0 Å². The molecule has 0 bridgehead atoms. The molecule has 0 aliphatic rings. The highest BCUT2D eigenvalue weighted by Gasteiger charge is 2.19. The Kier molecular flexibility index (Phi) is 3.18. The molecule has 1 atom stereocenters. The van der Waals surface area contributed by atoms with Crippen LogP contribution in [0.25, 0.3) is 0 Å². The number of rotatable bonds is 3. The van der Waals surface area contributed by atoms with Crippen LogP contribution in [-0.2, 0) is 9.09 Å². The first-order valence-corrected chi connectivity index (χ1v) is 4.70. The molecule has 0 aliphatic carbocycles. The van der Waals surface area contributed by atoms with Crippen LogP contribution in [-0.4, -0.2) is 12.8 Å². The number of hydrogen-bond donors (Lipinski definition) is 0. The molecule has 2 nitrogen and oxygen atoms in total. The second-order valence-electron chi connectivity index (χ2n) is 1.55. The lowest BCUT2D eigenvalue weighted by atomic mass is 10.9. The zero-order valence-corrected chi connectivity index (χ0v) is 6.28. The molecule has 0 spiro atoms. The van der Waals surface area contributed by atoms with Gasteiger partial charge in [0, 0.05) is 0 Å². The van der Waals surface area contributed by atoms with Gasteiger partial charge in [-0.25, -0.2) is 4.57 Å². The minimum absolute atomic E-state index is 0.495. The van der Waals surface area contributed by atoms with Crippen molar-refractivity contribution in [3.8, 4) is 0 Å². The molecular formula is C5H12O2P+. The van der Waals surface area contributed by atoms with Crippen LogP contribution in [0.1, 0.15) is 13.8 Å². The summed E-state index contributed by atoms with van der Waals surface area (Å²) in [5, 5.41) is 0. The van der Waals surface area contributed by atoms with Crippen LogP contribution in [0.3, 0.4) is 0 Å². The van der Waals surface area contributed by atoms with Gasteiger partial charge in [-0.1, -0.05) is 6.92 Å². The Balaban J connectivity index is 3.55. The fourth-order valence-corrected chi connectivity index (χ4v) is 0.980. The molecule has 0 N–H and O–H groups in total. The van der Waals surface area contributed by atoms with Gasteiger partial charge >= 0.3 is 7.37 Å². The maximum Gasteiger partial charge on any atom is 0.367 e. The summed E-state index contributed by atoms with van der Waals surface area (Å²) in [6, 6.07) is 0. The molecule has 0 aromatic heterocycles. The molecule has 0 amide bonds. The van der Waals surface area contributed by atoms with E-state index in [1.807, 2.05) is 13.8 Å². The predicted molar refractivity (Wildman–Crippen MR) is 35.1 cm³/mol. The van der Waals surface area contributed by atoms with E-state index in [4.69, 9.17) is 4.52 Å². The highest BCUT2D eigenvalue weighted by atomic mass is 31.2. The van der Waals surface area contributed by atoms with Crippen molar-refractivity contribution in [1.82, 2.24) is 0 Å². The molecule has 0 saturated carbocycles. The van der Waals surface area contributed by atoms with Crippen LogP contribution < -0.4 is 0 Å². The highest BCUT2D eigenvalue weighted by Crippen LogP contribution is 2.43. The van der Waals surface area contributed by atoms with Crippen LogP contribution in [0.5, 0.6) is 0 Å². The van der Waals surface area contributed by atoms with E-state index in [9.17, 15) is 4.57 Å². The highest BCUT2D eigenvalue weighted by molar-refractivity contribution is 7.60. The van der Waals surface area contributed by atoms with Gasteiger partial charge < -0.3 is 0 Å². The minimum atomic E-state index is -2.42. The monoisotopic (exact) mass is 135 g/mol. The smallest absolute Gasteiger partial charge is 0.296 e. The molecule has 8 heavy (non-hydrogen) atoms. The van der Waals surface area contributed by atoms with E-state index in [1.165, 1.54) is 0 Å². The van der Waals surface area contributed by atoms with Crippen LogP contribution in [0, 0.1) is 6.66 Å². The van der Waals surface area contributed by atoms with E-state index >= 15 is 0 Å². The topological polar surface area (TPSA) is 26.3 Å². The van der Waals surface area contributed by atoms with E-state index in [1.54, 1.807) is 0 Å². The Morgan fingerprint density at radius 1 is 1.62 bits per heavy atom. The van der Waals surface area contributed by atoms with Gasteiger partial charge in [0.15, 0.2) is 0 Å². The Morgan fingerprint density at radius 2 is 2.12 bits per heavy atom. The third-order valence-electron chi connectivity index (χ3n) is 0.846. The first-order valence-electron chi connectivity index (χ1n) is 2.70. The molecule has 0 aromatic carbocycles. The van der Waals surface area contributed by atoms with Crippen molar-refractivity contribution in [3.05, 3.63) is 6.66 Å². The fraction of sp³-hybridized carbons (Fsp3) is 0.800. The lowest BCUT2D eigenvalue weighted by molar-refractivity contribution is 0.340. The predicted octanol–water partition coefficient (Wildman–Crippen LogP) is 2.11. The average Bonchev–Trinajstić information content (AvgIpc) is 1.67. The van der Waals surface area contributed by atoms with Gasteiger partial charge in [-0.05, 0) is 6.92 Å². The largest absolute Gasteiger partial charge is 0.367 e. The van der Waals surface area contributed by atoms with E-state index < -0.39 is 7.37 Å². The molecule has 0 heterocycles. The standard InChI is InChI=1S/C5H12O2P/c1-4-7-8(3,6)5-2/h3-5H2,1-2H3/q+1. The van der Waals surface area contributed by atoms with Crippen molar-refractivity contribution in [2.75, 3.05) is 12.8 Å². The normalized spacial score (nSPS) is 17.8. The second-order valence-corrected chi connectivity index (χ2v) is 4.07. The summed E-state index contributed by atoms with van der Waals surface area (Å²) in [4.78, 5) is 0. The summed E-state index contributed by atoms with van der Waals surface area (Å²) in [6.45, 7) is 7.53. The zero-order valence-electron chi connectivity index (χ0n) is 5.39. The van der Waals surface area contributed by atoms with E-state index in [0.717, 1.165) is 0 Å². The first kappa shape index (κ1) is 8.06.